The van der Waals surface area contributed by atoms with Crippen LogP contribution in [0.25, 0.3) is 10.9 Å². The first-order valence-electron chi connectivity index (χ1n) is 8.82. The third kappa shape index (κ3) is 4.43. The van der Waals surface area contributed by atoms with Crippen LogP contribution in [-0.4, -0.2) is 39.5 Å². The highest BCUT2D eigenvalue weighted by atomic mass is 35.5. The highest BCUT2D eigenvalue weighted by molar-refractivity contribution is 7.99. The molecule has 28 heavy (non-hydrogen) atoms. The van der Waals surface area contributed by atoms with Gasteiger partial charge < -0.3 is 10.1 Å². The van der Waals surface area contributed by atoms with E-state index in [2.05, 4.69) is 4.98 Å². The number of hydrogen-bond acceptors (Lipinski definition) is 7. The van der Waals surface area contributed by atoms with E-state index in [1.807, 2.05) is 6.07 Å². The van der Waals surface area contributed by atoms with Crippen molar-refractivity contribution >= 4 is 45.8 Å². The van der Waals surface area contributed by atoms with Gasteiger partial charge in [0, 0.05) is 17.3 Å². The average molecular weight is 419 g/mol. The van der Waals surface area contributed by atoms with Gasteiger partial charge in [0.1, 0.15) is 5.92 Å². The fraction of sp³-hybridized carbons (Fsp3) is 0.421. The van der Waals surface area contributed by atoms with Crippen LogP contribution in [0.2, 0.25) is 5.02 Å². The molecule has 1 aliphatic rings. The Balaban J connectivity index is 1.96. The highest BCUT2D eigenvalue weighted by Crippen LogP contribution is 2.23. The van der Waals surface area contributed by atoms with E-state index in [4.69, 9.17) is 27.0 Å². The number of fused-ring (bicyclic) bond motifs is 1. The molecule has 2 atom stereocenters. The van der Waals surface area contributed by atoms with E-state index in [9.17, 15) is 9.59 Å². The number of nitriles is 1. The van der Waals surface area contributed by atoms with Crippen molar-refractivity contribution in [1.29, 1.82) is 10.7 Å². The molecule has 0 saturated carbocycles. The molecule has 7 nitrogen and oxygen atoms in total. The van der Waals surface area contributed by atoms with Crippen molar-refractivity contribution in [2.24, 2.45) is 5.92 Å². The third-order valence-electron chi connectivity index (χ3n) is 4.52. The zero-order chi connectivity index (χ0) is 20.3. The zero-order valence-electron chi connectivity index (χ0n) is 15.3. The quantitative estimate of drug-likeness (QED) is 0.420. The summed E-state index contributed by atoms with van der Waals surface area (Å²) in [4.78, 5) is 29.9. The van der Waals surface area contributed by atoms with E-state index >= 15 is 0 Å². The van der Waals surface area contributed by atoms with E-state index < -0.39 is 5.92 Å². The molecule has 1 aromatic heterocycles. The topological polar surface area (TPSA) is 109 Å². The van der Waals surface area contributed by atoms with Crippen LogP contribution in [0.15, 0.2) is 28.2 Å². The predicted octanol–water partition coefficient (Wildman–Crippen LogP) is 3.07. The van der Waals surface area contributed by atoms with Gasteiger partial charge in [0.25, 0.3) is 5.56 Å². The van der Waals surface area contributed by atoms with Crippen LogP contribution < -0.4 is 5.56 Å². The molecule has 0 aliphatic carbocycles. The van der Waals surface area contributed by atoms with Gasteiger partial charge in [-0.3, -0.25) is 14.2 Å². The molecule has 1 unspecified atom stereocenters. The molecule has 2 aromatic rings. The number of halogens is 1. The van der Waals surface area contributed by atoms with Gasteiger partial charge in [-0.25, -0.2) is 4.98 Å². The number of aromatic nitrogens is 2. The molecule has 146 valence electrons. The van der Waals surface area contributed by atoms with Gasteiger partial charge in [0.15, 0.2) is 10.9 Å². The molecular formula is C19H19ClN4O3S. The maximum Gasteiger partial charge on any atom is 0.262 e. The van der Waals surface area contributed by atoms with Crippen LogP contribution in [0, 0.1) is 22.7 Å². The van der Waals surface area contributed by atoms with E-state index in [1.54, 1.807) is 18.2 Å². The van der Waals surface area contributed by atoms with E-state index in [0.717, 1.165) is 24.6 Å². The van der Waals surface area contributed by atoms with Gasteiger partial charge in [-0.1, -0.05) is 23.4 Å². The Labute approximate surface area is 171 Å². The van der Waals surface area contributed by atoms with Crippen molar-refractivity contribution in [3.8, 4) is 6.07 Å². The molecule has 1 saturated heterocycles. The summed E-state index contributed by atoms with van der Waals surface area (Å²) in [6.45, 7) is 2.45. The Morgan fingerprint density at radius 3 is 3.00 bits per heavy atom. The monoisotopic (exact) mass is 418 g/mol. The van der Waals surface area contributed by atoms with Gasteiger partial charge in [0.2, 0.25) is 0 Å². The lowest BCUT2D eigenvalue weighted by Gasteiger charge is -2.16. The number of benzene rings is 1. The molecule has 0 spiro atoms. The lowest BCUT2D eigenvalue weighted by molar-refractivity contribution is -0.117. The number of thioether (sulfide) groups is 1. The standard InChI is InChI=1S/C19H19ClN4O3S/c1-11(22)15(8-21)17(25)10-28-19-23-16-7-12(20)4-5-14(16)18(26)24(19)9-13-3-2-6-27-13/h4-5,7,13,15,22H,2-3,6,9-10H2,1H3/t13-,15?/m0/s1. The van der Waals surface area contributed by atoms with Crippen LogP contribution >= 0.6 is 23.4 Å². The lowest BCUT2D eigenvalue weighted by Crippen LogP contribution is -2.29. The summed E-state index contributed by atoms with van der Waals surface area (Å²) >= 11 is 7.12. The molecule has 1 aromatic carbocycles. The summed E-state index contributed by atoms with van der Waals surface area (Å²) in [6, 6.07) is 6.74. The number of ether oxygens (including phenoxy) is 1. The van der Waals surface area contributed by atoms with E-state index in [-0.39, 0.29) is 28.9 Å². The third-order valence-corrected chi connectivity index (χ3v) is 5.75. The Bertz CT molecular complexity index is 1020. The second-order valence-corrected chi connectivity index (χ2v) is 7.99. The molecule has 1 fully saturated rings. The van der Waals surface area contributed by atoms with Crippen LogP contribution in [0.1, 0.15) is 19.8 Å². The number of rotatable bonds is 7. The molecule has 1 N–H and O–H groups in total. The van der Waals surface area contributed by atoms with Gasteiger partial charge >= 0.3 is 0 Å². The van der Waals surface area contributed by atoms with Gasteiger partial charge in [-0.15, -0.1) is 0 Å². The van der Waals surface area contributed by atoms with Crippen molar-refractivity contribution in [2.45, 2.75) is 37.6 Å². The van der Waals surface area contributed by atoms with Gasteiger partial charge in [0.05, 0.1) is 35.4 Å². The van der Waals surface area contributed by atoms with Gasteiger partial charge in [-0.05, 0) is 38.0 Å². The van der Waals surface area contributed by atoms with Crippen molar-refractivity contribution in [1.82, 2.24) is 9.55 Å². The smallest absolute Gasteiger partial charge is 0.262 e. The molecule has 0 amide bonds. The van der Waals surface area contributed by atoms with Crippen LogP contribution in [-0.2, 0) is 16.1 Å². The number of carbonyl (C=O) groups is 1. The Morgan fingerprint density at radius 1 is 1.57 bits per heavy atom. The Kier molecular flexibility index (Phi) is 6.50. The summed E-state index contributed by atoms with van der Waals surface area (Å²) in [5.41, 5.74) is 0.242. The maximum absolute atomic E-state index is 13.0. The lowest BCUT2D eigenvalue weighted by atomic mass is 10.0. The van der Waals surface area contributed by atoms with Crippen molar-refractivity contribution in [3.63, 3.8) is 0 Å². The Morgan fingerprint density at radius 2 is 2.36 bits per heavy atom. The Hall–Kier alpha value is -2.21. The minimum absolute atomic E-state index is 0.00287. The first-order chi connectivity index (χ1) is 13.4. The average Bonchev–Trinajstić information content (AvgIpc) is 3.16. The number of hydrogen-bond donors (Lipinski definition) is 1. The zero-order valence-corrected chi connectivity index (χ0v) is 16.8. The molecule has 0 radical (unpaired) electrons. The maximum atomic E-state index is 13.0. The molecular weight excluding hydrogens is 400 g/mol. The molecule has 2 heterocycles. The van der Waals surface area contributed by atoms with Crippen molar-refractivity contribution < 1.29 is 9.53 Å². The summed E-state index contributed by atoms with van der Waals surface area (Å²) in [5.74, 6) is -1.52. The second-order valence-electron chi connectivity index (χ2n) is 6.61. The van der Waals surface area contributed by atoms with E-state index in [1.165, 1.54) is 11.5 Å². The molecule has 3 rings (SSSR count). The summed E-state index contributed by atoms with van der Waals surface area (Å²) in [6.07, 6.45) is 1.73. The van der Waals surface area contributed by atoms with Crippen LogP contribution in [0.5, 0.6) is 0 Å². The minimum atomic E-state index is -1.08. The SMILES string of the molecule is CC(=N)C(C#N)C(=O)CSc1nc2cc(Cl)ccc2c(=O)n1C[C@@H]1CCCO1. The fourth-order valence-corrected chi connectivity index (χ4v) is 4.15. The second kappa shape index (κ2) is 8.86. The first-order valence-corrected chi connectivity index (χ1v) is 10.2. The first kappa shape index (κ1) is 20.5. The molecule has 9 heteroatoms. The highest BCUT2D eigenvalue weighted by Gasteiger charge is 2.23. The normalized spacial score (nSPS) is 17.4. The molecule has 1 aliphatic heterocycles. The van der Waals surface area contributed by atoms with Crippen molar-refractivity contribution in [3.05, 3.63) is 33.6 Å². The number of nitrogens with zero attached hydrogens (tertiary/aromatic N) is 3. The summed E-state index contributed by atoms with van der Waals surface area (Å²) < 4.78 is 7.19. The van der Waals surface area contributed by atoms with E-state index in [0.29, 0.717) is 34.2 Å². The number of ketones is 1. The number of nitrogens with one attached hydrogen (secondary N) is 1. The van der Waals surface area contributed by atoms with Gasteiger partial charge in [-0.2, -0.15) is 5.26 Å². The number of carbonyl (C=O) groups excluding carboxylic acids is 1. The van der Waals surface area contributed by atoms with Crippen molar-refractivity contribution in [2.75, 3.05) is 12.4 Å². The largest absolute Gasteiger partial charge is 0.376 e. The summed E-state index contributed by atoms with van der Waals surface area (Å²) in [5, 5.41) is 18.0. The summed E-state index contributed by atoms with van der Waals surface area (Å²) in [7, 11) is 0. The molecule has 0 bridgehead atoms. The predicted molar refractivity (Wildman–Crippen MR) is 108 cm³/mol. The van der Waals surface area contributed by atoms with Crippen LogP contribution in [0.4, 0.5) is 0 Å². The fourth-order valence-electron chi connectivity index (χ4n) is 3.07. The minimum Gasteiger partial charge on any atom is -0.376 e. The number of Topliss-reactive ketones (excluding diaryl/α,β-unsaturated/α-hetero) is 1. The van der Waals surface area contributed by atoms with Crippen LogP contribution in [0.3, 0.4) is 0 Å².